The lowest BCUT2D eigenvalue weighted by molar-refractivity contribution is -0.437. The zero-order chi connectivity index (χ0) is 12.0. The molecule has 1 saturated carbocycles. The minimum absolute atomic E-state index is 0.0248. The molecule has 0 heterocycles. The fraction of sp³-hybridized carbons (Fsp3) is 0.417. The first-order chi connectivity index (χ1) is 7.63. The molecule has 0 radical (unpaired) electrons. The molecular formula is C12H17N2O2+. The lowest BCUT2D eigenvalue weighted by Crippen LogP contribution is -2.71. The molecule has 0 bridgehead atoms. The van der Waals surface area contributed by atoms with E-state index in [4.69, 9.17) is 0 Å². The topological polar surface area (TPSA) is 60.1 Å². The molecule has 0 aliphatic heterocycles. The predicted molar refractivity (Wildman–Crippen MR) is 62.0 cm³/mol. The van der Waals surface area contributed by atoms with Crippen LogP contribution in [0.3, 0.4) is 0 Å². The summed E-state index contributed by atoms with van der Waals surface area (Å²) < 4.78 is 0. The van der Waals surface area contributed by atoms with Gasteiger partial charge in [0.1, 0.15) is 5.57 Å². The van der Waals surface area contributed by atoms with Crippen LogP contribution in [0.4, 0.5) is 0 Å². The molecule has 4 heteroatoms. The summed E-state index contributed by atoms with van der Waals surface area (Å²) in [4.78, 5) is 25.2. The maximum atomic E-state index is 11.7. The van der Waals surface area contributed by atoms with Crippen LogP contribution in [0.25, 0.3) is 0 Å². The third kappa shape index (κ3) is 4.68. The number of allylic oxidation sites excluding steroid dienone is 2. The zero-order valence-electron chi connectivity index (χ0n) is 9.45. The quantitative estimate of drug-likeness (QED) is 0.347. The summed E-state index contributed by atoms with van der Waals surface area (Å²) in [6.45, 7) is 5.27. The van der Waals surface area contributed by atoms with Gasteiger partial charge in [-0.25, -0.2) is 4.99 Å². The van der Waals surface area contributed by atoms with Crippen molar-refractivity contribution >= 4 is 17.9 Å². The maximum Gasteiger partial charge on any atom is 0.257 e. The Morgan fingerprint density at radius 2 is 2.19 bits per heavy atom. The van der Waals surface area contributed by atoms with Crippen LogP contribution in [0.2, 0.25) is 0 Å². The summed E-state index contributed by atoms with van der Waals surface area (Å²) in [7, 11) is 0. The molecule has 1 aliphatic rings. The van der Waals surface area contributed by atoms with Crippen molar-refractivity contribution in [2.45, 2.75) is 25.8 Å². The Kier molecular flexibility index (Phi) is 4.64. The molecule has 2 N–H and O–H groups in total. The molecule has 0 unspecified atom stereocenters. The monoisotopic (exact) mass is 221 g/mol. The molecule has 1 fully saturated rings. The van der Waals surface area contributed by atoms with Crippen molar-refractivity contribution in [3.63, 3.8) is 0 Å². The standard InChI is InChI=1S/C12H16N2O2/c1-3-4-10(8-13-7-9(2)15)12(16)14-11-5-6-11/h3-4,8,11H,1,5-7H2,2H3,(H,14,16)/p+1/b10-4+,13-8?. The van der Waals surface area contributed by atoms with Crippen LogP contribution in [0, 0.1) is 0 Å². The third-order valence-electron chi connectivity index (χ3n) is 2.08. The number of carbonyl (C=O) groups is 2. The molecular weight excluding hydrogens is 204 g/mol. The predicted octanol–water partition coefficient (Wildman–Crippen LogP) is -0.882. The SMILES string of the molecule is C=C/C=C(\C=[NH+]CC(C)=O)C(=O)NC1CC1. The maximum absolute atomic E-state index is 11.7. The number of hydrogen-bond acceptors (Lipinski definition) is 2. The number of Topliss-reactive ketones (excluding diaryl/α,β-unsaturated/α-hetero) is 1. The van der Waals surface area contributed by atoms with E-state index in [2.05, 4.69) is 16.9 Å². The van der Waals surface area contributed by atoms with Gasteiger partial charge in [0.2, 0.25) is 0 Å². The first-order valence-electron chi connectivity index (χ1n) is 5.33. The second kappa shape index (κ2) is 6.00. The van der Waals surface area contributed by atoms with E-state index in [0.29, 0.717) is 11.6 Å². The first kappa shape index (κ1) is 12.4. The van der Waals surface area contributed by atoms with Crippen LogP contribution in [-0.2, 0) is 9.59 Å². The van der Waals surface area contributed by atoms with Gasteiger partial charge in [-0.05, 0) is 18.9 Å². The highest BCUT2D eigenvalue weighted by molar-refractivity contribution is 6.11. The smallest absolute Gasteiger partial charge is 0.257 e. The summed E-state index contributed by atoms with van der Waals surface area (Å²) >= 11 is 0. The van der Waals surface area contributed by atoms with E-state index in [1.807, 2.05) is 0 Å². The van der Waals surface area contributed by atoms with Gasteiger partial charge < -0.3 is 5.32 Å². The van der Waals surface area contributed by atoms with Crippen molar-refractivity contribution in [2.24, 2.45) is 0 Å². The van der Waals surface area contributed by atoms with Crippen LogP contribution in [0.15, 0.2) is 24.3 Å². The Hall–Kier alpha value is -1.71. The number of amides is 1. The number of carbonyl (C=O) groups excluding carboxylic acids is 2. The van der Waals surface area contributed by atoms with E-state index in [1.54, 1.807) is 18.4 Å². The van der Waals surface area contributed by atoms with Gasteiger partial charge in [0.25, 0.3) is 5.91 Å². The zero-order valence-corrected chi connectivity index (χ0v) is 9.45. The molecule has 1 amide bonds. The largest absolute Gasteiger partial charge is 0.349 e. The van der Waals surface area contributed by atoms with Crippen molar-refractivity contribution in [2.75, 3.05) is 6.54 Å². The molecule has 4 nitrogen and oxygen atoms in total. The van der Waals surface area contributed by atoms with E-state index in [-0.39, 0.29) is 18.2 Å². The van der Waals surface area contributed by atoms with Gasteiger partial charge in [0.15, 0.2) is 18.5 Å². The van der Waals surface area contributed by atoms with E-state index >= 15 is 0 Å². The molecule has 1 rings (SSSR count). The minimum Gasteiger partial charge on any atom is -0.349 e. The Morgan fingerprint density at radius 1 is 1.50 bits per heavy atom. The molecule has 0 saturated heterocycles. The molecule has 16 heavy (non-hydrogen) atoms. The van der Waals surface area contributed by atoms with Gasteiger partial charge in [-0.2, -0.15) is 0 Å². The Bertz CT molecular complexity index is 352. The van der Waals surface area contributed by atoms with E-state index in [1.165, 1.54) is 6.92 Å². The average Bonchev–Trinajstić information content (AvgIpc) is 2.99. The lowest BCUT2D eigenvalue weighted by Gasteiger charge is -2.00. The van der Waals surface area contributed by atoms with Crippen molar-refractivity contribution < 1.29 is 14.6 Å². The first-order valence-corrected chi connectivity index (χ1v) is 5.33. The number of nitrogens with one attached hydrogen (secondary N) is 2. The van der Waals surface area contributed by atoms with Crippen molar-refractivity contribution in [3.8, 4) is 0 Å². The summed E-state index contributed by atoms with van der Waals surface area (Å²) in [5, 5.41) is 2.87. The normalized spacial score (nSPS) is 16.2. The highest BCUT2D eigenvalue weighted by Gasteiger charge is 2.24. The van der Waals surface area contributed by atoms with Gasteiger partial charge in [0, 0.05) is 13.0 Å². The van der Waals surface area contributed by atoms with Gasteiger partial charge >= 0.3 is 0 Å². The highest BCUT2D eigenvalue weighted by atomic mass is 16.1. The molecule has 0 aromatic rings. The van der Waals surface area contributed by atoms with E-state index in [0.717, 1.165) is 12.8 Å². The van der Waals surface area contributed by atoms with Gasteiger partial charge in [0.05, 0.1) is 0 Å². The second-order valence-electron chi connectivity index (χ2n) is 3.83. The molecule has 0 aromatic heterocycles. The van der Waals surface area contributed by atoms with Crippen molar-refractivity contribution in [1.29, 1.82) is 0 Å². The third-order valence-corrected chi connectivity index (χ3v) is 2.08. The highest BCUT2D eigenvalue weighted by Crippen LogP contribution is 2.18. The number of rotatable bonds is 6. The van der Waals surface area contributed by atoms with Crippen molar-refractivity contribution in [3.05, 3.63) is 24.3 Å². The Balaban J connectivity index is 2.55. The van der Waals surface area contributed by atoms with E-state index < -0.39 is 0 Å². The summed E-state index contributed by atoms with van der Waals surface area (Å²) in [5.74, 6) is -0.102. The second-order valence-corrected chi connectivity index (χ2v) is 3.83. The number of hydrogen-bond donors (Lipinski definition) is 2. The van der Waals surface area contributed by atoms with Crippen LogP contribution in [0.1, 0.15) is 19.8 Å². The van der Waals surface area contributed by atoms with Gasteiger partial charge in [-0.1, -0.05) is 12.7 Å². The van der Waals surface area contributed by atoms with Crippen LogP contribution >= 0.6 is 0 Å². The summed E-state index contributed by atoms with van der Waals surface area (Å²) in [5.41, 5.74) is 0.489. The molecule has 0 spiro atoms. The molecule has 0 aromatic carbocycles. The van der Waals surface area contributed by atoms with Crippen molar-refractivity contribution in [1.82, 2.24) is 5.32 Å². The fourth-order valence-corrected chi connectivity index (χ4v) is 1.12. The lowest BCUT2D eigenvalue weighted by atomic mass is 10.2. The van der Waals surface area contributed by atoms with Crippen LogP contribution in [0.5, 0.6) is 0 Å². The average molecular weight is 221 g/mol. The van der Waals surface area contributed by atoms with Crippen LogP contribution < -0.4 is 10.3 Å². The van der Waals surface area contributed by atoms with Gasteiger partial charge in [-0.3, -0.25) is 9.59 Å². The fourth-order valence-electron chi connectivity index (χ4n) is 1.12. The molecule has 86 valence electrons. The Labute approximate surface area is 95.1 Å². The minimum atomic E-state index is -0.126. The van der Waals surface area contributed by atoms with Gasteiger partial charge in [-0.15, -0.1) is 0 Å². The molecule has 1 aliphatic carbocycles. The number of ketones is 1. The van der Waals surface area contributed by atoms with Crippen LogP contribution in [-0.4, -0.2) is 30.5 Å². The summed E-state index contributed by atoms with van der Waals surface area (Å²) in [6, 6.07) is 0.321. The van der Waals surface area contributed by atoms with E-state index in [9.17, 15) is 9.59 Å². The Morgan fingerprint density at radius 3 is 2.69 bits per heavy atom. The summed E-state index contributed by atoms with van der Waals surface area (Å²) in [6.07, 6.45) is 6.81. The molecule has 0 atom stereocenters.